The first-order valence-corrected chi connectivity index (χ1v) is 7.65. The van der Waals surface area contributed by atoms with Gasteiger partial charge in [0.25, 0.3) is 0 Å². The second kappa shape index (κ2) is 8.25. The predicted molar refractivity (Wildman–Crippen MR) is 78.5 cm³/mol. The van der Waals surface area contributed by atoms with Gasteiger partial charge in [0.1, 0.15) is 0 Å². The molecule has 0 bridgehead atoms. The predicted octanol–water partition coefficient (Wildman–Crippen LogP) is 1.92. The molecule has 1 aliphatic rings. The highest BCUT2D eigenvalue weighted by Crippen LogP contribution is 2.30. The number of carbonyl (C=O) groups excluding carboxylic acids is 1. The van der Waals surface area contributed by atoms with Crippen LogP contribution in [0.15, 0.2) is 0 Å². The van der Waals surface area contributed by atoms with Gasteiger partial charge in [0.05, 0.1) is 0 Å². The van der Waals surface area contributed by atoms with E-state index in [2.05, 4.69) is 10.6 Å². The number of rotatable bonds is 8. The number of hydrogen-bond donors (Lipinski definition) is 3. The van der Waals surface area contributed by atoms with E-state index in [4.69, 9.17) is 5.11 Å². The summed E-state index contributed by atoms with van der Waals surface area (Å²) in [6.07, 6.45) is 7.04. The minimum absolute atomic E-state index is 0.0351. The van der Waals surface area contributed by atoms with Crippen LogP contribution in [0.25, 0.3) is 0 Å². The summed E-state index contributed by atoms with van der Waals surface area (Å²) in [6.45, 7) is 2.53. The van der Waals surface area contributed by atoms with E-state index in [1.54, 1.807) is 0 Å². The third-order valence-electron chi connectivity index (χ3n) is 4.34. The summed E-state index contributed by atoms with van der Waals surface area (Å²) >= 11 is 0. The second-order valence-corrected chi connectivity index (χ2v) is 6.11. The molecule has 0 spiro atoms. The molecule has 0 aromatic rings. The lowest BCUT2D eigenvalue weighted by molar-refractivity contribution is -0.137. The van der Waals surface area contributed by atoms with Crippen LogP contribution in [0.1, 0.15) is 58.3 Å². The van der Waals surface area contributed by atoms with E-state index in [9.17, 15) is 9.59 Å². The fourth-order valence-corrected chi connectivity index (χ4v) is 2.87. The van der Waals surface area contributed by atoms with Crippen molar-refractivity contribution < 1.29 is 14.7 Å². The number of carboxylic acids is 1. The first-order chi connectivity index (χ1) is 9.47. The Bertz CT molecular complexity index is 325. The summed E-state index contributed by atoms with van der Waals surface area (Å²) in [5, 5.41) is 14.9. The van der Waals surface area contributed by atoms with Gasteiger partial charge in [0.15, 0.2) is 0 Å². The van der Waals surface area contributed by atoms with E-state index in [1.165, 1.54) is 19.3 Å². The molecule has 0 heterocycles. The summed E-state index contributed by atoms with van der Waals surface area (Å²) in [4.78, 5) is 22.5. The number of carbonyl (C=O) groups is 2. The number of carboxylic acid groups (broad SMARTS) is 1. The molecular formula is C15H28N2O3. The zero-order valence-electron chi connectivity index (χ0n) is 12.7. The molecule has 0 aromatic heterocycles. The maximum Gasteiger partial charge on any atom is 0.303 e. The monoisotopic (exact) mass is 284 g/mol. The van der Waals surface area contributed by atoms with Gasteiger partial charge in [-0.2, -0.15) is 0 Å². The van der Waals surface area contributed by atoms with Crippen molar-refractivity contribution in [2.45, 2.75) is 63.8 Å². The molecule has 1 aliphatic carbocycles. The number of amides is 1. The first-order valence-electron chi connectivity index (χ1n) is 7.65. The summed E-state index contributed by atoms with van der Waals surface area (Å²) in [7, 11) is 1.94. The summed E-state index contributed by atoms with van der Waals surface area (Å²) in [6, 6.07) is 0. The average Bonchev–Trinajstić information content (AvgIpc) is 2.44. The summed E-state index contributed by atoms with van der Waals surface area (Å²) in [5.41, 5.74) is -0.0351. The topological polar surface area (TPSA) is 78.4 Å². The lowest BCUT2D eigenvalue weighted by Gasteiger charge is -2.36. The quantitative estimate of drug-likeness (QED) is 0.636. The normalized spacial score (nSPS) is 19.3. The van der Waals surface area contributed by atoms with Crippen molar-refractivity contribution in [3.63, 3.8) is 0 Å². The molecule has 0 radical (unpaired) electrons. The Kier molecular flexibility index (Phi) is 6.99. The van der Waals surface area contributed by atoms with Crippen LogP contribution in [0, 0.1) is 5.92 Å². The molecule has 5 nitrogen and oxygen atoms in total. The molecule has 1 saturated carbocycles. The average molecular weight is 284 g/mol. The standard InChI is InChI=1S/C15H28N2O3/c1-12(6-7-14(19)20)11-17-13(18)10-15(16-2)8-4-3-5-9-15/h12,16H,3-11H2,1-2H3,(H,17,18)(H,19,20). The van der Waals surface area contributed by atoms with Crippen molar-refractivity contribution in [1.29, 1.82) is 0 Å². The largest absolute Gasteiger partial charge is 0.481 e. The van der Waals surface area contributed by atoms with Gasteiger partial charge in [-0.05, 0) is 32.2 Å². The minimum Gasteiger partial charge on any atom is -0.481 e. The summed E-state index contributed by atoms with van der Waals surface area (Å²) < 4.78 is 0. The van der Waals surface area contributed by atoms with Crippen molar-refractivity contribution >= 4 is 11.9 Å². The SMILES string of the molecule is CNC1(CC(=O)NCC(C)CCC(=O)O)CCCCC1. The molecular weight excluding hydrogens is 256 g/mol. The van der Waals surface area contributed by atoms with Crippen LogP contribution in [-0.4, -0.2) is 36.1 Å². The van der Waals surface area contributed by atoms with Crippen LogP contribution < -0.4 is 10.6 Å². The molecule has 1 fully saturated rings. The second-order valence-electron chi connectivity index (χ2n) is 6.11. The van der Waals surface area contributed by atoms with Crippen molar-refractivity contribution in [2.75, 3.05) is 13.6 Å². The molecule has 5 heteroatoms. The summed E-state index contributed by atoms with van der Waals surface area (Å²) in [5.74, 6) is -0.505. The van der Waals surface area contributed by atoms with E-state index in [1.807, 2.05) is 14.0 Å². The lowest BCUT2D eigenvalue weighted by Crippen LogP contribution is -2.48. The van der Waals surface area contributed by atoms with Crippen LogP contribution in [0.2, 0.25) is 0 Å². The van der Waals surface area contributed by atoms with Gasteiger partial charge in [-0.15, -0.1) is 0 Å². The van der Waals surface area contributed by atoms with E-state index in [0.29, 0.717) is 19.4 Å². The molecule has 116 valence electrons. The molecule has 1 rings (SSSR count). The van der Waals surface area contributed by atoms with E-state index in [-0.39, 0.29) is 23.8 Å². The molecule has 20 heavy (non-hydrogen) atoms. The van der Waals surface area contributed by atoms with Crippen LogP contribution in [0.5, 0.6) is 0 Å². The molecule has 0 aliphatic heterocycles. The van der Waals surface area contributed by atoms with Crippen LogP contribution in [-0.2, 0) is 9.59 Å². The third-order valence-corrected chi connectivity index (χ3v) is 4.34. The third kappa shape index (κ3) is 5.90. The first kappa shape index (κ1) is 17.0. The highest BCUT2D eigenvalue weighted by atomic mass is 16.4. The van der Waals surface area contributed by atoms with E-state index < -0.39 is 5.97 Å². The Morgan fingerprint density at radius 1 is 1.25 bits per heavy atom. The number of hydrogen-bond acceptors (Lipinski definition) is 3. The number of aliphatic carboxylic acids is 1. The van der Waals surface area contributed by atoms with Gasteiger partial charge < -0.3 is 15.7 Å². The molecule has 1 atom stereocenters. The van der Waals surface area contributed by atoms with Gasteiger partial charge >= 0.3 is 5.97 Å². The molecule has 1 unspecified atom stereocenters. The van der Waals surface area contributed by atoms with Gasteiger partial charge in [-0.1, -0.05) is 26.2 Å². The minimum atomic E-state index is -0.778. The smallest absolute Gasteiger partial charge is 0.303 e. The van der Waals surface area contributed by atoms with Gasteiger partial charge in [-0.25, -0.2) is 0 Å². The van der Waals surface area contributed by atoms with E-state index in [0.717, 1.165) is 12.8 Å². The lowest BCUT2D eigenvalue weighted by atomic mass is 9.79. The zero-order chi connectivity index (χ0) is 15.0. The molecule has 1 amide bonds. The van der Waals surface area contributed by atoms with Crippen molar-refractivity contribution in [3.8, 4) is 0 Å². The highest BCUT2D eigenvalue weighted by molar-refractivity contribution is 5.77. The Morgan fingerprint density at radius 3 is 2.45 bits per heavy atom. The van der Waals surface area contributed by atoms with Gasteiger partial charge in [-0.3, -0.25) is 9.59 Å². The molecule has 3 N–H and O–H groups in total. The number of nitrogens with one attached hydrogen (secondary N) is 2. The van der Waals surface area contributed by atoms with Crippen LogP contribution >= 0.6 is 0 Å². The van der Waals surface area contributed by atoms with Gasteiger partial charge in [0.2, 0.25) is 5.91 Å². The maximum absolute atomic E-state index is 12.1. The fourth-order valence-electron chi connectivity index (χ4n) is 2.87. The Labute approximate surface area is 121 Å². The van der Waals surface area contributed by atoms with Crippen molar-refractivity contribution in [1.82, 2.24) is 10.6 Å². The van der Waals surface area contributed by atoms with Crippen molar-refractivity contribution in [2.24, 2.45) is 5.92 Å². The van der Waals surface area contributed by atoms with Crippen LogP contribution in [0.3, 0.4) is 0 Å². The molecule has 0 aromatic carbocycles. The highest BCUT2D eigenvalue weighted by Gasteiger charge is 2.32. The van der Waals surface area contributed by atoms with E-state index >= 15 is 0 Å². The Balaban J connectivity index is 2.29. The maximum atomic E-state index is 12.1. The Morgan fingerprint density at radius 2 is 1.90 bits per heavy atom. The molecule has 0 saturated heterocycles. The zero-order valence-corrected chi connectivity index (χ0v) is 12.7. The van der Waals surface area contributed by atoms with Gasteiger partial charge in [0, 0.05) is 24.9 Å². The fraction of sp³-hybridized carbons (Fsp3) is 0.867. The Hall–Kier alpha value is -1.10. The van der Waals surface area contributed by atoms with Crippen molar-refractivity contribution in [3.05, 3.63) is 0 Å². The van der Waals surface area contributed by atoms with Crippen LogP contribution in [0.4, 0.5) is 0 Å².